The van der Waals surface area contributed by atoms with Crippen molar-refractivity contribution in [2.24, 2.45) is 10.5 Å². The van der Waals surface area contributed by atoms with E-state index in [1.54, 1.807) is 36.7 Å². The van der Waals surface area contributed by atoms with E-state index in [4.69, 9.17) is 0 Å². The molecule has 1 atom stereocenters. The Morgan fingerprint density at radius 2 is 1.62 bits per heavy atom. The molecule has 2 aromatic carbocycles. The van der Waals surface area contributed by atoms with Gasteiger partial charge in [-0.3, -0.25) is 9.97 Å². The molecular formula is C22H24N4O2S. The standard InChI is InChI=1S/C22H24N4O2S/c1-15-5-8-17(9-6-15)29(27,28)26-20(14-21(25-26)22(2,3)4)16-7-10-18-19(13-16)24-12-11-23-18/h5-13,20H,14H2,1-4H3/t20-/m1/s1. The zero-order valence-corrected chi connectivity index (χ0v) is 17.8. The van der Waals surface area contributed by atoms with E-state index in [-0.39, 0.29) is 10.3 Å². The Bertz CT molecular complexity index is 1200. The molecule has 0 amide bonds. The topological polar surface area (TPSA) is 75.5 Å². The first-order valence-corrected chi connectivity index (χ1v) is 11.0. The Labute approximate surface area is 171 Å². The quantitative estimate of drug-likeness (QED) is 0.640. The lowest BCUT2D eigenvalue weighted by atomic mass is 9.86. The normalized spacial score (nSPS) is 17.6. The van der Waals surface area contributed by atoms with E-state index in [1.807, 2.05) is 25.1 Å². The third kappa shape index (κ3) is 3.62. The van der Waals surface area contributed by atoms with E-state index in [0.717, 1.165) is 27.9 Å². The molecular weight excluding hydrogens is 384 g/mol. The van der Waals surface area contributed by atoms with Crippen LogP contribution in [0.1, 0.15) is 44.4 Å². The van der Waals surface area contributed by atoms with Gasteiger partial charge in [0.15, 0.2) is 0 Å². The second-order valence-corrected chi connectivity index (χ2v) is 10.2. The molecule has 1 aliphatic heterocycles. The van der Waals surface area contributed by atoms with Gasteiger partial charge >= 0.3 is 0 Å². The summed E-state index contributed by atoms with van der Waals surface area (Å²) >= 11 is 0. The van der Waals surface area contributed by atoms with Crippen LogP contribution in [0.4, 0.5) is 0 Å². The minimum absolute atomic E-state index is 0.230. The van der Waals surface area contributed by atoms with Gasteiger partial charge in [0.25, 0.3) is 10.0 Å². The van der Waals surface area contributed by atoms with Crippen LogP contribution >= 0.6 is 0 Å². The van der Waals surface area contributed by atoms with Crippen LogP contribution in [0, 0.1) is 12.3 Å². The summed E-state index contributed by atoms with van der Waals surface area (Å²) in [4.78, 5) is 8.92. The number of aromatic nitrogens is 2. The van der Waals surface area contributed by atoms with E-state index in [0.29, 0.717) is 6.42 Å². The summed E-state index contributed by atoms with van der Waals surface area (Å²) in [5.74, 6) is 0. The van der Waals surface area contributed by atoms with Crippen LogP contribution in [-0.2, 0) is 10.0 Å². The molecule has 1 aliphatic rings. The highest BCUT2D eigenvalue weighted by atomic mass is 32.2. The van der Waals surface area contributed by atoms with Crippen LogP contribution in [0.3, 0.4) is 0 Å². The minimum atomic E-state index is -3.79. The predicted molar refractivity (Wildman–Crippen MR) is 114 cm³/mol. The fraction of sp³-hybridized carbons (Fsp3) is 0.318. The van der Waals surface area contributed by atoms with Gasteiger partial charge in [-0.2, -0.15) is 17.9 Å². The van der Waals surface area contributed by atoms with Crippen LogP contribution in [0.25, 0.3) is 11.0 Å². The summed E-state index contributed by atoms with van der Waals surface area (Å²) in [5, 5.41) is 4.59. The van der Waals surface area contributed by atoms with Gasteiger partial charge in [-0.1, -0.05) is 44.5 Å². The van der Waals surface area contributed by atoms with Gasteiger partial charge in [-0.05, 0) is 36.8 Å². The molecule has 0 bridgehead atoms. The SMILES string of the molecule is Cc1ccc(S(=O)(=O)N2N=C(C(C)(C)C)C[C@@H]2c2ccc3nccnc3c2)cc1. The van der Waals surface area contributed by atoms with Crippen molar-refractivity contribution in [3.05, 3.63) is 66.0 Å². The van der Waals surface area contributed by atoms with Crippen molar-refractivity contribution >= 4 is 26.8 Å². The van der Waals surface area contributed by atoms with Gasteiger partial charge in [0.1, 0.15) is 0 Å². The Morgan fingerprint density at radius 3 is 2.28 bits per heavy atom. The maximum atomic E-state index is 13.5. The molecule has 0 spiro atoms. The molecule has 0 aliphatic carbocycles. The summed E-state index contributed by atoms with van der Waals surface area (Å²) in [7, 11) is -3.79. The Kier molecular flexibility index (Phi) is 4.65. The third-order valence-corrected chi connectivity index (χ3v) is 6.88. The zero-order chi connectivity index (χ0) is 20.8. The van der Waals surface area contributed by atoms with Crippen LogP contribution in [-0.4, -0.2) is 28.5 Å². The fourth-order valence-electron chi connectivity index (χ4n) is 3.42. The smallest absolute Gasteiger partial charge is 0.253 e. The number of hydrazone groups is 1. The maximum Gasteiger partial charge on any atom is 0.279 e. The number of fused-ring (bicyclic) bond motifs is 1. The lowest BCUT2D eigenvalue weighted by molar-refractivity contribution is 0.371. The molecule has 1 aromatic heterocycles. The maximum absolute atomic E-state index is 13.5. The molecule has 0 radical (unpaired) electrons. The monoisotopic (exact) mass is 408 g/mol. The van der Waals surface area contributed by atoms with Crippen molar-refractivity contribution in [3.8, 4) is 0 Å². The summed E-state index contributed by atoms with van der Waals surface area (Å²) < 4.78 is 28.2. The highest BCUT2D eigenvalue weighted by Gasteiger charge is 2.40. The molecule has 0 fully saturated rings. The number of benzene rings is 2. The van der Waals surface area contributed by atoms with Gasteiger partial charge < -0.3 is 0 Å². The molecule has 2 heterocycles. The van der Waals surface area contributed by atoms with Gasteiger partial charge in [-0.25, -0.2) is 0 Å². The van der Waals surface area contributed by atoms with Crippen molar-refractivity contribution in [2.45, 2.75) is 45.1 Å². The highest BCUT2D eigenvalue weighted by molar-refractivity contribution is 7.89. The molecule has 3 aromatic rings. The summed E-state index contributed by atoms with van der Waals surface area (Å²) in [6, 6.07) is 12.2. The Morgan fingerprint density at radius 1 is 0.966 bits per heavy atom. The number of hydrogen-bond donors (Lipinski definition) is 0. The van der Waals surface area contributed by atoms with Crippen LogP contribution < -0.4 is 0 Å². The number of nitrogens with zero attached hydrogens (tertiary/aromatic N) is 4. The van der Waals surface area contributed by atoms with E-state index in [2.05, 4.69) is 35.8 Å². The van der Waals surface area contributed by atoms with E-state index in [9.17, 15) is 8.42 Å². The van der Waals surface area contributed by atoms with Crippen molar-refractivity contribution in [1.29, 1.82) is 0 Å². The molecule has 6 nitrogen and oxygen atoms in total. The second-order valence-electron chi connectivity index (χ2n) is 8.41. The molecule has 0 saturated heterocycles. The average Bonchev–Trinajstić information content (AvgIpc) is 3.15. The predicted octanol–water partition coefficient (Wildman–Crippen LogP) is 4.48. The molecule has 150 valence electrons. The summed E-state index contributed by atoms with van der Waals surface area (Å²) in [6.07, 6.45) is 3.82. The van der Waals surface area contributed by atoms with Crippen molar-refractivity contribution in [3.63, 3.8) is 0 Å². The number of sulfonamides is 1. The molecule has 4 rings (SSSR count). The van der Waals surface area contributed by atoms with Gasteiger partial charge in [0, 0.05) is 29.9 Å². The first-order valence-electron chi connectivity index (χ1n) is 9.56. The van der Waals surface area contributed by atoms with Crippen molar-refractivity contribution < 1.29 is 8.42 Å². The van der Waals surface area contributed by atoms with Crippen molar-refractivity contribution in [1.82, 2.24) is 14.4 Å². The first-order chi connectivity index (χ1) is 13.7. The molecule has 0 N–H and O–H groups in total. The highest BCUT2D eigenvalue weighted by Crippen LogP contribution is 2.40. The number of hydrogen-bond acceptors (Lipinski definition) is 5. The van der Waals surface area contributed by atoms with Gasteiger partial charge in [0.05, 0.1) is 22.0 Å². The minimum Gasteiger partial charge on any atom is -0.253 e. The van der Waals surface area contributed by atoms with Crippen molar-refractivity contribution in [2.75, 3.05) is 0 Å². The molecule has 7 heteroatoms. The zero-order valence-electron chi connectivity index (χ0n) is 17.0. The van der Waals surface area contributed by atoms with Crippen LogP contribution in [0.15, 0.2) is 64.9 Å². The lowest BCUT2D eigenvalue weighted by Crippen LogP contribution is -2.27. The van der Waals surface area contributed by atoms with Gasteiger partial charge in [0.2, 0.25) is 0 Å². The van der Waals surface area contributed by atoms with E-state index < -0.39 is 16.1 Å². The van der Waals surface area contributed by atoms with E-state index >= 15 is 0 Å². The number of aryl methyl sites for hydroxylation is 1. The molecule has 0 unspecified atom stereocenters. The summed E-state index contributed by atoms with van der Waals surface area (Å²) in [5.41, 5.74) is 4.01. The first kappa shape index (κ1) is 19.5. The van der Waals surface area contributed by atoms with E-state index in [1.165, 1.54) is 4.41 Å². The molecule has 29 heavy (non-hydrogen) atoms. The largest absolute Gasteiger partial charge is 0.279 e. The Balaban J connectivity index is 1.82. The van der Waals surface area contributed by atoms with Gasteiger partial charge in [-0.15, -0.1) is 0 Å². The fourth-order valence-corrected chi connectivity index (χ4v) is 4.85. The average molecular weight is 409 g/mol. The second kappa shape index (κ2) is 6.91. The third-order valence-electron chi connectivity index (χ3n) is 5.18. The number of rotatable bonds is 3. The lowest BCUT2D eigenvalue weighted by Gasteiger charge is -2.23. The van der Waals surface area contributed by atoms with Crippen LogP contribution in [0.5, 0.6) is 0 Å². The summed E-state index contributed by atoms with van der Waals surface area (Å²) in [6.45, 7) is 8.09. The molecule has 0 saturated carbocycles. The van der Waals surface area contributed by atoms with Crippen LogP contribution in [0.2, 0.25) is 0 Å². The Hall–Kier alpha value is -2.80.